The summed E-state index contributed by atoms with van der Waals surface area (Å²) in [6, 6.07) is 6.46. The van der Waals surface area contributed by atoms with Gasteiger partial charge in [0.1, 0.15) is 5.01 Å². The van der Waals surface area contributed by atoms with Crippen molar-refractivity contribution in [2.75, 3.05) is 0 Å². The Hall–Kier alpha value is -0.600. The van der Waals surface area contributed by atoms with Crippen molar-refractivity contribution in [1.29, 1.82) is 0 Å². The average molecular weight is 240 g/mol. The zero-order chi connectivity index (χ0) is 11.1. The van der Waals surface area contributed by atoms with Crippen molar-refractivity contribution >= 4 is 33.2 Å². The molecule has 1 heterocycles. The van der Waals surface area contributed by atoms with Crippen molar-refractivity contribution < 1.29 is 0 Å². The summed E-state index contributed by atoms with van der Waals surface area (Å²) in [7, 11) is 0. The van der Waals surface area contributed by atoms with E-state index in [-0.39, 0.29) is 5.41 Å². The molecule has 0 unspecified atom stereocenters. The molecule has 0 aliphatic rings. The second-order valence-electron chi connectivity index (χ2n) is 4.67. The molecule has 1 aromatic carbocycles. The maximum atomic E-state index is 5.78. The molecular formula is C12H14ClNS. The quantitative estimate of drug-likeness (QED) is 0.675. The Labute approximate surface area is 99.1 Å². The molecule has 3 heteroatoms. The van der Waals surface area contributed by atoms with Gasteiger partial charge in [-0.1, -0.05) is 26.8 Å². The van der Waals surface area contributed by atoms with Crippen LogP contribution in [0.1, 0.15) is 31.3 Å². The van der Waals surface area contributed by atoms with E-state index >= 15 is 0 Å². The van der Waals surface area contributed by atoms with E-state index in [4.69, 9.17) is 11.6 Å². The SMILES string of the molecule is CC(C)(C)c1ccc2nc(CCl)sc2c1. The minimum atomic E-state index is 0.194. The van der Waals surface area contributed by atoms with Crippen LogP contribution in [0.4, 0.5) is 0 Å². The monoisotopic (exact) mass is 239 g/mol. The molecule has 0 radical (unpaired) electrons. The maximum absolute atomic E-state index is 5.78. The maximum Gasteiger partial charge on any atom is 0.109 e. The zero-order valence-corrected chi connectivity index (χ0v) is 10.7. The predicted molar refractivity (Wildman–Crippen MR) is 67.9 cm³/mol. The van der Waals surface area contributed by atoms with Crippen LogP contribution in [0, 0.1) is 0 Å². The van der Waals surface area contributed by atoms with Crippen LogP contribution in [0.25, 0.3) is 10.2 Å². The van der Waals surface area contributed by atoms with Crippen molar-refractivity contribution in [1.82, 2.24) is 4.98 Å². The normalized spacial score (nSPS) is 12.3. The fourth-order valence-corrected chi connectivity index (χ4v) is 2.58. The molecule has 0 aliphatic heterocycles. The van der Waals surface area contributed by atoms with Gasteiger partial charge in [0.15, 0.2) is 0 Å². The Balaban J connectivity index is 2.55. The molecule has 1 aromatic heterocycles. The Kier molecular flexibility index (Phi) is 2.73. The summed E-state index contributed by atoms with van der Waals surface area (Å²) in [5.74, 6) is 0.504. The number of benzene rings is 1. The number of hydrogen-bond acceptors (Lipinski definition) is 2. The van der Waals surface area contributed by atoms with Crippen LogP contribution in [0.3, 0.4) is 0 Å². The van der Waals surface area contributed by atoms with E-state index in [0.29, 0.717) is 5.88 Å². The van der Waals surface area contributed by atoms with E-state index in [1.807, 2.05) is 0 Å². The second-order valence-corrected chi connectivity index (χ2v) is 6.06. The number of hydrogen-bond donors (Lipinski definition) is 0. The van der Waals surface area contributed by atoms with Gasteiger partial charge in [-0.3, -0.25) is 0 Å². The number of thiazole rings is 1. The van der Waals surface area contributed by atoms with E-state index in [1.54, 1.807) is 11.3 Å². The molecular weight excluding hydrogens is 226 g/mol. The molecule has 0 fully saturated rings. The first-order valence-electron chi connectivity index (χ1n) is 4.96. The molecule has 0 saturated heterocycles. The number of halogens is 1. The first-order chi connectivity index (χ1) is 7.00. The van der Waals surface area contributed by atoms with Crippen LogP contribution < -0.4 is 0 Å². The molecule has 2 rings (SSSR count). The van der Waals surface area contributed by atoms with Gasteiger partial charge in [-0.25, -0.2) is 4.98 Å². The van der Waals surface area contributed by atoms with Gasteiger partial charge < -0.3 is 0 Å². The van der Waals surface area contributed by atoms with Gasteiger partial charge in [-0.2, -0.15) is 0 Å². The van der Waals surface area contributed by atoms with Crippen molar-refractivity contribution in [2.45, 2.75) is 32.1 Å². The van der Waals surface area contributed by atoms with Gasteiger partial charge in [0, 0.05) is 0 Å². The van der Waals surface area contributed by atoms with Crippen LogP contribution in [0.5, 0.6) is 0 Å². The largest absolute Gasteiger partial charge is 0.240 e. The van der Waals surface area contributed by atoms with Gasteiger partial charge in [-0.15, -0.1) is 22.9 Å². The molecule has 0 spiro atoms. The third-order valence-electron chi connectivity index (χ3n) is 2.41. The Morgan fingerprint density at radius 2 is 2.07 bits per heavy atom. The van der Waals surface area contributed by atoms with E-state index in [2.05, 4.69) is 44.0 Å². The highest BCUT2D eigenvalue weighted by Crippen LogP contribution is 2.29. The lowest BCUT2D eigenvalue weighted by Crippen LogP contribution is -2.10. The third-order valence-corrected chi connectivity index (χ3v) is 3.84. The molecule has 1 nitrogen and oxygen atoms in total. The lowest BCUT2D eigenvalue weighted by Gasteiger charge is -2.18. The zero-order valence-electron chi connectivity index (χ0n) is 9.17. The van der Waals surface area contributed by atoms with E-state index in [1.165, 1.54) is 10.3 Å². The second kappa shape index (κ2) is 3.76. The predicted octanol–water partition coefficient (Wildman–Crippen LogP) is 4.33. The molecule has 0 amide bonds. The van der Waals surface area contributed by atoms with Gasteiger partial charge in [0.05, 0.1) is 16.1 Å². The van der Waals surface area contributed by atoms with Crippen molar-refractivity contribution in [2.24, 2.45) is 0 Å². The minimum absolute atomic E-state index is 0.194. The number of fused-ring (bicyclic) bond motifs is 1. The molecule has 0 aliphatic carbocycles. The summed E-state index contributed by atoms with van der Waals surface area (Å²) in [5, 5.41) is 0.998. The van der Waals surface area contributed by atoms with E-state index < -0.39 is 0 Å². The first-order valence-corrected chi connectivity index (χ1v) is 6.32. The minimum Gasteiger partial charge on any atom is -0.240 e. The molecule has 80 valence electrons. The highest BCUT2D eigenvalue weighted by atomic mass is 35.5. The molecule has 0 atom stereocenters. The standard InChI is InChI=1S/C12H14ClNS/c1-12(2,3)8-4-5-9-10(6-8)15-11(7-13)14-9/h4-6H,7H2,1-3H3. The Morgan fingerprint density at radius 1 is 1.33 bits per heavy atom. The van der Waals surface area contributed by atoms with Crippen LogP contribution in [0.15, 0.2) is 18.2 Å². The van der Waals surface area contributed by atoms with Crippen LogP contribution in [-0.2, 0) is 11.3 Å². The highest BCUT2D eigenvalue weighted by Gasteiger charge is 2.14. The van der Waals surface area contributed by atoms with Crippen molar-refractivity contribution in [3.05, 3.63) is 28.8 Å². The van der Waals surface area contributed by atoms with Crippen LogP contribution in [-0.4, -0.2) is 4.98 Å². The number of alkyl halides is 1. The average Bonchev–Trinajstić information content (AvgIpc) is 2.57. The number of nitrogens with zero attached hydrogens (tertiary/aromatic N) is 1. The molecule has 0 saturated carbocycles. The lowest BCUT2D eigenvalue weighted by atomic mass is 9.87. The number of rotatable bonds is 1. The first kappa shape index (κ1) is 10.9. The summed E-state index contributed by atoms with van der Waals surface area (Å²) < 4.78 is 1.23. The van der Waals surface area contributed by atoms with Gasteiger partial charge in [0.2, 0.25) is 0 Å². The summed E-state index contributed by atoms with van der Waals surface area (Å²) in [6.07, 6.45) is 0. The van der Waals surface area contributed by atoms with E-state index in [0.717, 1.165) is 10.5 Å². The Bertz CT molecular complexity index is 482. The summed E-state index contributed by atoms with van der Waals surface area (Å²) >= 11 is 7.46. The Morgan fingerprint density at radius 3 is 2.67 bits per heavy atom. The van der Waals surface area contributed by atoms with Crippen LogP contribution >= 0.6 is 22.9 Å². The van der Waals surface area contributed by atoms with Gasteiger partial charge >= 0.3 is 0 Å². The fourth-order valence-electron chi connectivity index (χ4n) is 1.50. The van der Waals surface area contributed by atoms with Gasteiger partial charge in [-0.05, 0) is 23.1 Å². The summed E-state index contributed by atoms with van der Waals surface area (Å²) in [5.41, 5.74) is 2.60. The summed E-state index contributed by atoms with van der Waals surface area (Å²) in [4.78, 5) is 4.44. The molecule has 15 heavy (non-hydrogen) atoms. The number of aromatic nitrogens is 1. The topological polar surface area (TPSA) is 12.9 Å². The smallest absolute Gasteiger partial charge is 0.109 e. The fraction of sp³-hybridized carbons (Fsp3) is 0.417. The third kappa shape index (κ3) is 2.16. The van der Waals surface area contributed by atoms with Crippen LogP contribution in [0.2, 0.25) is 0 Å². The lowest BCUT2D eigenvalue weighted by molar-refractivity contribution is 0.591. The van der Waals surface area contributed by atoms with Gasteiger partial charge in [0.25, 0.3) is 0 Å². The molecule has 2 aromatic rings. The summed E-state index contributed by atoms with van der Waals surface area (Å²) in [6.45, 7) is 6.66. The van der Waals surface area contributed by atoms with Crippen molar-refractivity contribution in [3.8, 4) is 0 Å². The molecule has 0 bridgehead atoms. The highest BCUT2D eigenvalue weighted by molar-refractivity contribution is 7.18. The van der Waals surface area contributed by atoms with Crippen molar-refractivity contribution in [3.63, 3.8) is 0 Å². The molecule has 0 N–H and O–H groups in total. The van der Waals surface area contributed by atoms with E-state index in [9.17, 15) is 0 Å².